The minimum Gasteiger partial charge on any atom is -0.369 e. The van der Waals surface area contributed by atoms with Gasteiger partial charge in [0.1, 0.15) is 0 Å². The predicted molar refractivity (Wildman–Crippen MR) is 95.3 cm³/mol. The maximum atomic E-state index is 12.2. The van der Waals surface area contributed by atoms with Crippen LogP contribution in [0.15, 0.2) is 30.3 Å². The summed E-state index contributed by atoms with van der Waals surface area (Å²) in [5, 5.41) is 6.52. The number of hydrogen-bond acceptors (Lipinski definition) is 3. The number of carbonyl (C=O) groups excluding carboxylic acids is 1. The van der Waals surface area contributed by atoms with Crippen molar-refractivity contribution in [3.8, 4) is 0 Å². The fourth-order valence-corrected chi connectivity index (χ4v) is 3.13. The zero-order chi connectivity index (χ0) is 13.8. The summed E-state index contributed by atoms with van der Waals surface area (Å²) < 4.78 is 0. The quantitative estimate of drug-likeness (QED) is 0.883. The van der Waals surface area contributed by atoms with Gasteiger partial charge in [0.25, 0.3) is 0 Å². The highest BCUT2D eigenvalue weighted by molar-refractivity contribution is 5.85. The Balaban J connectivity index is 0.00000121. The van der Waals surface area contributed by atoms with Crippen LogP contribution in [0.25, 0.3) is 0 Å². The van der Waals surface area contributed by atoms with Crippen LogP contribution < -0.4 is 15.5 Å². The smallest absolute Gasteiger partial charge is 0.237 e. The molecule has 2 aliphatic heterocycles. The standard InChI is InChI=1S/C16H23N3O.2ClH/c20-16(15-8-4-5-10-17-15)18-13-9-11-19(12-13)14-6-2-1-3-7-14;;/h1-3,6-7,13,15,17H,4-5,8-12H2,(H,18,20);2*1H. The van der Waals surface area contributed by atoms with Crippen LogP contribution in [0.3, 0.4) is 0 Å². The zero-order valence-electron chi connectivity index (χ0n) is 12.7. The van der Waals surface area contributed by atoms with Crippen LogP contribution >= 0.6 is 24.8 Å². The van der Waals surface area contributed by atoms with Gasteiger partial charge in [0.2, 0.25) is 5.91 Å². The number of anilines is 1. The molecule has 2 fully saturated rings. The summed E-state index contributed by atoms with van der Waals surface area (Å²) in [4.78, 5) is 14.6. The van der Waals surface area contributed by atoms with Crippen molar-refractivity contribution >= 4 is 36.4 Å². The van der Waals surface area contributed by atoms with E-state index in [9.17, 15) is 4.79 Å². The van der Waals surface area contributed by atoms with Gasteiger partial charge in [-0.15, -0.1) is 24.8 Å². The molecule has 2 atom stereocenters. The molecule has 22 heavy (non-hydrogen) atoms. The molecule has 124 valence electrons. The number of amides is 1. The molecular formula is C16H25Cl2N3O. The molecule has 2 N–H and O–H groups in total. The average Bonchev–Trinajstić information content (AvgIpc) is 2.97. The first-order chi connectivity index (χ1) is 9.83. The van der Waals surface area contributed by atoms with Gasteiger partial charge < -0.3 is 15.5 Å². The van der Waals surface area contributed by atoms with Crippen molar-refractivity contribution in [2.24, 2.45) is 0 Å². The van der Waals surface area contributed by atoms with Crippen molar-refractivity contribution in [2.45, 2.75) is 37.8 Å². The van der Waals surface area contributed by atoms with Crippen LogP contribution in [0.1, 0.15) is 25.7 Å². The highest BCUT2D eigenvalue weighted by Gasteiger charge is 2.27. The number of nitrogens with zero attached hydrogens (tertiary/aromatic N) is 1. The normalized spacial score (nSPS) is 24.1. The highest BCUT2D eigenvalue weighted by Crippen LogP contribution is 2.20. The van der Waals surface area contributed by atoms with Gasteiger partial charge in [-0.25, -0.2) is 0 Å². The molecular weight excluding hydrogens is 321 g/mol. The van der Waals surface area contributed by atoms with Gasteiger partial charge in [0, 0.05) is 24.8 Å². The molecule has 0 saturated carbocycles. The number of carbonyl (C=O) groups is 1. The summed E-state index contributed by atoms with van der Waals surface area (Å²) in [5.41, 5.74) is 1.25. The number of halogens is 2. The van der Waals surface area contributed by atoms with E-state index in [0.717, 1.165) is 38.9 Å². The molecule has 1 aromatic carbocycles. The average molecular weight is 346 g/mol. The van der Waals surface area contributed by atoms with Crippen molar-refractivity contribution in [1.29, 1.82) is 0 Å². The zero-order valence-corrected chi connectivity index (χ0v) is 14.3. The summed E-state index contributed by atoms with van der Waals surface area (Å²) in [7, 11) is 0. The van der Waals surface area contributed by atoms with Crippen LogP contribution in [0, 0.1) is 0 Å². The third-order valence-corrected chi connectivity index (χ3v) is 4.28. The van der Waals surface area contributed by atoms with Crippen molar-refractivity contribution in [2.75, 3.05) is 24.5 Å². The molecule has 2 aliphatic rings. The molecule has 2 heterocycles. The fraction of sp³-hybridized carbons (Fsp3) is 0.562. The fourth-order valence-electron chi connectivity index (χ4n) is 3.13. The van der Waals surface area contributed by atoms with Crippen LogP contribution in [0.5, 0.6) is 0 Å². The molecule has 6 heteroatoms. The Bertz CT molecular complexity index is 452. The lowest BCUT2D eigenvalue weighted by Crippen LogP contribution is -2.50. The summed E-state index contributed by atoms with van der Waals surface area (Å²) in [6, 6.07) is 10.7. The van der Waals surface area contributed by atoms with Crippen molar-refractivity contribution in [3.05, 3.63) is 30.3 Å². The number of nitrogens with one attached hydrogen (secondary N) is 2. The second-order valence-electron chi connectivity index (χ2n) is 5.78. The molecule has 1 aromatic rings. The molecule has 4 nitrogen and oxygen atoms in total. The first-order valence-corrected chi connectivity index (χ1v) is 7.67. The number of benzene rings is 1. The van der Waals surface area contributed by atoms with E-state index in [-0.39, 0.29) is 42.8 Å². The van der Waals surface area contributed by atoms with E-state index in [1.165, 1.54) is 12.1 Å². The Morgan fingerprint density at radius 3 is 2.59 bits per heavy atom. The number of para-hydroxylation sites is 1. The Labute approximate surface area is 144 Å². The van der Waals surface area contributed by atoms with Gasteiger partial charge in [-0.2, -0.15) is 0 Å². The maximum Gasteiger partial charge on any atom is 0.237 e. The van der Waals surface area contributed by atoms with Crippen LogP contribution in [0.2, 0.25) is 0 Å². The minimum absolute atomic E-state index is 0. The van der Waals surface area contributed by atoms with Gasteiger partial charge in [-0.3, -0.25) is 4.79 Å². The molecule has 0 aliphatic carbocycles. The minimum atomic E-state index is 0. The number of piperidine rings is 1. The Kier molecular flexibility index (Phi) is 8.01. The van der Waals surface area contributed by atoms with E-state index in [4.69, 9.17) is 0 Å². The second-order valence-corrected chi connectivity index (χ2v) is 5.78. The van der Waals surface area contributed by atoms with Gasteiger partial charge in [0.15, 0.2) is 0 Å². The highest BCUT2D eigenvalue weighted by atomic mass is 35.5. The Hall–Kier alpha value is -0.970. The second kappa shape index (κ2) is 9.23. The van der Waals surface area contributed by atoms with Gasteiger partial charge >= 0.3 is 0 Å². The molecule has 0 aromatic heterocycles. The van der Waals surface area contributed by atoms with E-state index < -0.39 is 0 Å². The lowest BCUT2D eigenvalue weighted by molar-refractivity contribution is -0.124. The molecule has 0 spiro atoms. The molecule has 2 saturated heterocycles. The molecule has 1 amide bonds. The summed E-state index contributed by atoms with van der Waals surface area (Å²) in [5.74, 6) is 0.185. The van der Waals surface area contributed by atoms with Gasteiger partial charge in [-0.05, 0) is 37.9 Å². The monoisotopic (exact) mass is 345 g/mol. The Morgan fingerprint density at radius 1 is 1.14 bits per heavy atom. The molecule has 2 unspecified atom stereocenters. The third kappa shape index (κ3) is 4.77. The SMILES string of the molecule is Cl.Cl.O=C(NC1CCN(c2ccccc2)C1)C1CCCCN1. The maximum absolute atomic E-state index is 12.2. The van der Waals surface area contributed by atoms with Gasteiger partial charge in [0.05, 0.1) is 6.04 Å². The van der Waals surface area contributed by atoms with E-state index in [1.807, 2.05) is 6.07 Å². The third-order valence-electron chi connectivity index (χ3n) is 4.28. The first-order valence-electron chi connectivity index (χ1n) is 7.67. The lowest BCUT2D eigenvalue weighted by atomic mass is 10.0. The van der Waals surface area contributed by atoms with Crippen LogP contribution in [-0.2, 0) is 4.79 Å². The van der Waals surface area contributed by atoms with E-state index >= 15 is 0 Å². The van der Waals surface area contributed by atoms with E-state index in [2.05, 4.69) is 39.8 Å². The molecule has 0 bridgehead atoms. The Morgan fingerprint density at radius 2 is 1.91 bits per heavy atom. The van der Waals surface area contributed by atoms with Gasteiger partial charge in [-0.1, -0.05) is 24.6 Å². The summed E-state index contributed by atoms with van der Waals surface area (Å²) in [6.45, 7) is 2.91. The number of hydrogen-bond donors (Lipinski definition) is 2. The van der Waals surface area contributed by atoms with Crippen LogP contribution in [-0.4, -0.2) is 37.6 Å². The largest absolute Gasteiger partial charge is 0.369 e. The summed E-state index contributed by atoms with van der Waals surface area (Å²) in [6.07, 6.45) is 4.36. The molecule has 0 radical (unpaired) electrons. The summed E-state index contributed by atoms with van der Waals surface area (Å²) >= 11 is 0. The predicted octanol–water partition coefficient (Wildman–Crippen LogP) is 2.37. The first kappa shape index (κ1) is 19.1. The van der Waals surface area contributed by atoms with Crippen molar-refractivity contribution in [1.82, 2.24) is 10.6 Å². The van der Waals surface area contributed by atoms with Crippen LogP contribution in [0.4, 0.5) is 5.69 Å². The van der Waals surface area contributed by atoms with E-state index in [0.29, 0.717) is 0 Å². The van der Waals surface area contributed by atoms with Crippen molar-refractivity contribution < 1.29 is 4.79 Å². The topological polar surface area (TPSA) is 44.4 Å². The lowest BCUT2D eigenvalue weighted by Gasteiger charge is -2.24. The number of rotatable bonds is 3. The molecule has 3 rings (SSSR count). The van der Waals surface area contributed by atoms with Crippen molar-refractivity contribution in [3.63, 3.8) is 0 Å². The van der Waals surface area contributed by atoms with E-state index in [1.54, 1.807) is 0 Å².